The summed E-state index contributed by atoms with van der Waals surface area (Å²) >= 11 is 0. The molecule has 0 radical (unpaired) electrons. The highest BCUT2D eigenvalue weighted by atomic mass is 19.3. The second kappa shape index (κ2) is 7.15. The molecule has 0 bridgehead atoms. The van der Waals surface area contributed by atoms with Gasteiger partial charge in [-0.2, -0.15) is 8.78 Å². The molecule has 0 N–H and O–H groups in total. The van der Waals surface area contributed by atoms with Crippen molar-refractivity contribution in [2.75, 3.05) is 26.2 Å². The van der Waals surface area contributed by atoms with Crippen LogP contribution in [0.4, 0.5) is 8.78 Å². The average Bonchev–Trinajstić information content (AvgIpc) is 2.53. The Kier molecular flexibility index (Phi) is 5.41. The van der Waals surface area contributed by atoms with E-state index in [1.54, 1.807) is 15.9 Å². The highest BCUT2D eigenvalue weighted by Crippen LogP contribution is 2.23. The molecular formula is C17H22F2N2O3. The molecule has 0 saturated carbocycles. The second-order valence-corrected chi connectivity index (χ2v) is 6.71. The van der Waals surface area contributed by atoms with Crippen LogP contribution in [-0.4, -0.2) is 54.4 Å². The predicted molar refractivity (Wildman–Crippen MR) is 85.0 cm³/mol. The first kappa shape index (κ1) is 18.2. The van der Waals surface area contributed by atoms with Crippen molar-refractivity contribution in [1.82, 2.24) is 9.80 Å². The van der Waals surface area contributed by atoms with E-state index >= 15 is 0 Å². The van der Waals surface area contributed by atoms with Crippen molar-refractivity contribution in [1.29, 1.82) is 0 Å². The molecule has 1 aliphatic rings. The van der Waals surface area contributed by atoms with Crippen molar-refractivity contribution in [2.24, 2.45) is 5.41 Å². The Balaban J connectivity index is 2.05. The van der Waals surface area contributed by atoms with E-state index in [0.717, 1.165) is 0 Å². The molecule has 1 fully saturated rings. The molecule has 1 aliphatic heterocycles. The standard InChI is InChI=1S/C17H22F2N2O3/c1-17(2,3)15(23)21-10-8-20(9-11-21)14(22)12-6-4-5-7-13(12)24-16(18)19/h4-7,16H,8-11H2,1-3H3. The first-order chi connectivity index (χ1) is 11.2. The van der Waals surface area contributed by atoms with Crippen LogP contribution in [0.15, 0.2) is 24.3 Å². The molecule has 0 aliphatic carbocycles. The third-order valence-electron chi connectivity index (χ3n) is 3.83. The highest BCUT2D eigenvalue weighted by Gasteiger charge is 2.31. The number of para-hydroxylation sites is 1. The molecular weight excluding hydrogens is 318 g/mol. The molecule has 132 valence electrons. The molecule has 2 rings (SSSR count). The maximum Gasteiger partial charge on any atom is 0.387 e. The zero-order valence-corrected chi connectivity index (χ0v) is 14.1. The van der Waals surface area contributed by atoms with Gasteiger partial charge in [0.2, 0.25) is 5.91 Å². The van der Waals surface area contributed by atoms with Crippen molar-refractivity contribution in [3.63, 3.8) is 0 Å². The number of halogens is 2. The molecule has 0 unspecified atom stereocenters. The SMILES string of the molecule is CC(C)(C)C(=O)N1CCN(C(=O)c2ccccc2OC(F)F)CC1. The average molecular weight is 340 g/mol. The molecule has 5 nitrogen and oxygen atoms in total. The first-order valence-corrected chi connectivity index (χ1v) is 7.82. The maximum absolute atomic E-state index is 12.6. The van der Waals surface area contributed by atoms with Gasteiger partial charge < -0.3 is 14.5 Å². The number of amides is 2. The Labute approximate surface area is 140 Å². The lowest BCUT2D eigenvalue weighted by Crippen LogP contribution is -2.53. The van der Waals surface area contributed by atoms with Crippen molar-refractivity contribution < 1.29 is 23.1 Å². The Bertz CT molecular complexity index is 606. The Morgan fingerprint density at radius 2 is 1.58 bits per heavy atom. The summed E-state index contributed by atoms with van der Waals surface area (Å²) in [7, 11) is 0. The van der Waals surface area contributed by atoms with Crippen LogP contribution < -0.4 is 4.74 Å². The number of nitrogens with zero attached hydrogens (tertiary/aromatic N) is 2. The van der Waals surface area contributed by atoms with Crippen molar-refractivity contribution in [2.45, 2.75) is 27.4 Å². The monoisotopic (exact) mass is 340 g/mol. The third-order valence-corrected chi connectivity index (χ3v) is 3.83. The lowest BCUT2D eigenvalue weighted by Gasteiger charge is -2.37. The van der Waals surface area contributed by atoms with Crippen LogP contribution in [0.2, 0.25) is 0 Å². The number of benzene rings is 1. The van der Waals surface area contributed by atoms with E-state index in [1.165, 1.54) is 18.2 Å². The van der Waals surface area contributed by atoms with Gasteiger partial charge in [0.1, 0.15) is 5.75 Å². The zero-order valence-electron chi connectivity index (χ0n) is 14.1. The number of hydrogen-bond donors (Lipinski definition) is 0. The molecule has 24 heavy (non-hydrogen) atoms. The fourth-order valence-electron chi connectivity index (χ4n) is 2.60. The molecule has 7 heteroatoms. The summed E-state index contributed by atoms with van der Waals surface area (Å²) in [6, 6.07) is 5.95. The number of piperazine rings is 1. The summed E-state index contributed by atoms with van der Waals surface area (Å²) in [6.45, 7) is 4.16. The van der Waals surface area contributed by atoms with E-state index in [9.17, 15) is 18.4 Å². The number of hydrogen-bond acceptors (Lipinski definition) is 3. The van der Waals surface area contributed by atoms with Gasteiger partial charge in [0, 0.05) is 31.6 Å². The molecule has 0 atom stereocenters. The first-order valence-electron chi connectivity index (χ1n) is 7.82. The lowest BCUT2D eigenvalue weighted by atomic mass is 9.94. The number of rotatable bonds is 3. The largest absolute Gasteiger partial charge is 0.434 e. The fraction of sp³-hybridized carbons (Fsp3) is 0.529. The number of ether oxygens (including phenoxy) is 1. The highest BCUT2D eigenvalue weighted by molar-refractivity contribution is 5.97. The fourth-order valence-corrected chi connectivity index (χ4v) is 2.60. The van der Waals surface area contributed by atoms with Gasteiger partial charge in [0.15, 0.2) is 0 Å². The van der Waals surface area contributed by atoms with Gasteiger partial charge >= 0.3 is 6.61 Å². The summed E-state index contributed by atoms with van der Waals surface area (Å²) < 4.78 is 29.3. The lowest BCUT2D eigenvalue weighted by molar-refractivity contribution is -0.140. The predicted octanol–water partition coefficient (Wildman–Crippen LogP) is 2.62. The minimum Gasteiger partial charge on any atom is -0.434 e. The number of carbonyl (C=O) groups is 2. The van der Waals surface area contributed by atoms with E-state index in [4.69, 9.17) is 0 Å². The maximum atomic E-state index is 12.6. The summed E-state index contributed by atoms with van der Waals surface area (Å²) in [5, 5.41) is 0. The minimum atomic E-state index is -2.99. The van der Waals surface area contributed by atoms with Gasteiger partial charge in [0.25, 0.3) is 5.91 Å². The van der Waals surface area contributed by atoms with Gasteiger partial charge in [-0.15, -0.1) is 0 Å². The zero-order chi connectivity index (χ0) is 17.9. The van der Waals surface area contributed by atoms with Crippen molar-refractivity contribution >= 4 is 11.8 Å². The van der Waals surface area contributed by atoms with Gasteiger partial charge in [-0.25, -0.2) is 0 Å². The summed E-state index contributed by atoms with van der Waals surface area (Å²) in [5.74, 6) is -0.462. The van der Waals surface area contributed by atoms with Gasteiger partial charge in [0.05, 0.1) is 5.56 Å². The van der Waals surface area contributed by atoms with Crippen LogP contribution in [0.3, 0.4) is 0 Å². The van der Waals surface area contributed by atoms with Gasteiger partial charge in [-0.3, -0.25) is 9.59 Å². The van der Waals surface area contributed by atoms with Crippen molar-refractivity contribution in [3.05, 3.63) is 29.8 Å². The van der Waals surface area contributed by atoms with E-state index in [-0.39, 0.29) is 23.1 Å². The Hall–Kier alpha value is -2.18. The van der Waals surface area contributed by atoms with Crippen LogP contribution >= 0.6 is 0 Å². The normalized spacial score (nSPS) is 15.6. The molecule has 2 amide bonds. The van der Waals surface area contributed by atoms with Crippen molar-refractivity contribution in [3.8, 4) is 5.75 Å². The summed E-state index contributed by atoms with van der Waals surface area (Å²) in [6.07, 6.45) is 0. The van der Waals surface area contributed by atoms with Gasteiger partial charge in [-0.05, 0) is 12.1 Å². The topological polar surface area (TPSA) is 49.9 Å². The molecule has 1 aromatic carbocycles. The van der Waals surface area contributed by atoms with E-state index < -0.39 is 12.0 Å². The number of alkyl halides is 2. The molecule has 1 aromatic rings. The van der Waals surface area contributed by atoms with E-state index in [1.807, 2.05) is 20.8 Å². The molecule has 1 saturated heterocycles. The Morgan fingerprint density at radius 1 is 1.04 bits per heavy atom. The van der Waals surface area contributed by atoms with Crippen LogP contribution in [0.25, 0.3) is 0 Å². The minimum absolute atomic E-state index is 0.0380. The quantitative estimate of drug-likeness (QED) is 0.850. The van der Waals surface area contributed by atoms with Crippen LogP contribution in [0.5, 0.6) is 5.75 Å². The van der Waals surface area contributed by atoms with Gasteiger partial charge in [-0.1, -0.05) is 32.9 Å². The smallest absolute Gasteiger partial charge is 0.387 e. The number of carbonyl (C=O) groups excluding carboxylic acids is 2. The summed E-state index contributed by atoms with van der Waals surface area (Å²) in [4.78, 5) is 28.1. The third kappa shape index (κ3) is 4.21. The van der Waals surface area contributed by atoms with E-state index in [2.05, 4.69) is 4.74 Å². The van der Waals surface area contributed by atoms with Crippen LogP contribution in [0.1, 0.15) is 31.1 Å². The second-order valence-electron chi connectivity index (χ2n) is 6.71. The van der Waals surface area contributed by atoms with Crippen LogP contribution in [0, 0.1) is 5.41 Å². The van der Waals surface area contributed by atoms with Crippen LogP contribution in [-0.2, 0) is 4.79 Å². The molecule has 0 spiro atoms. The summed E-state index contributed by atoms with van der Waals surface area (Å²) in [5.41, 5.74) is -0.363. The van der Waals surface area contributed by atoms with E-state index in [0.29, 0.717) is 26.2 Å². The molecule has 1 heterocycles. The molecule has 0 aromatic heterocycles. The Morgan fingerprint density at radius 3 is 2.12 bits per heavy atom.